The van der Waals surface area contributed by atoms with Gasteiger partial charge in [-0.2, -0.15) is 0 Å². The van der Waals surface area contributed by atoms with Crippen molar-refractivity contribution in [3.63, 3.8) is 0 Å². The molecule has 4 heteroatoms. The van der Waals surface area contributed by atoms with Gasteiger partial charge in [0.1, 0.15) is 0 Å². The lowest BCUT2D eigenvalue weighted by Crippen LogP contribution is -2.34. The lowest BCUT2D eigenvalue weighted by atomic mass is 9.95. The highest BCUT2D eigenvalue weighted by Crippen LogP contribution is 2.31. The maximum Gasteiger partial charge on any atom is 0.241 e. The molecule has 118 valence electrons. The molecule has 0 radical (unpaired) electrons. The van der Waals surface area contributed by atoms with Crippen molar-refractivity contribution in [1.29, 1.82) is 0 Å². The van der Waals surface area contributed by atoms with Crippen LogP contribution in [0.2, 0.25) is 0 Å². The molecule has 3 nitrogen and oxygen atoms in total. The fourth-order valence-electron chi connectivity index (χ4n) is 3.46. The zero-order valence-electron chi connectivity index (χ0n) is 14.0. The van der Waals surface area contributed by atoms with E-state index in [4.69, 9.17) is 0 Å². The van der Waals surface area contributed by atoms with Crippen LogP contribution in [-0.4, -0.2) is 14.5 Å². The molecule has 1 aromatic rings. The fourth-order valence-corrected chi connectivity index (χ4v) is 5.34. The summed E-state index contributed by atoms with van der Waals surface area (Å²) in [5.74, 6) is 0.612. The Balaban J connectivity index is 2.45. The fraction of sp³-hybridized carbons (Fsp3) is 0.647. The van der Waals surface area contributed by atoms with Gasteiger partial charge in [-0.3, -0.25) is 0 Å². The van der Waals surface area contributed by atoms with Gasteiger partial charge in [0.2, 0.25) is 10.0 Å². The van der Waals surface area contributed by atoms with E-state index in [2.05, 4.69) is 18.6 Å². The predicted octanol–water partition coefficient (Wildman–Crippen LogP) is 3.70. The van der Waals surface area contributed by atoms with Gasteiger partial charge in [0, 0.05) is 6.04 Å². The van der Waals surface area contributed by atoms with Crippen LogP contribution in [0.3, 0.4) is 0 Å². The number of hydrogen-bond acceptors (Lipinski definition) is 2. The molecule has 21 heavy (non-hydrogen) atoms. The van der Waals surface area contributed by atoms with Crippen molar-refractivity contribution in [1.82, 2.24) is 4.72 Å². The quantitative estimate of drug-likeness (QED) is 0.925. The summed E-state index contributed by atoms with van der Waals surface area (Å²) in [6.07, 6.45) is 3.00. The highest BCUT2D eigenvalue weighted by molar-refractivity contribution is 7.89. The zero-order valence-corrected chi connectivity index (χ0v) is 14.8. The van der Waals surface area contributed by atoms with Crippen LogP contribution in [0.5, 0.6) is 0 Å². The normalized spacial score (nSPS) is 22.8. The van der Waals surface area contributed by atoms with Gasteiger partial charge in [-0.05, 0) is 87.6 Å². The number of hydrogen-bond donors (Lipinski definition) is 1. The molecule has 0 aliphatic heterocycles. The van der Waals surface area contributed by atoms with E-state index in [9.17, 15) is 8.42 Å². The summed E-state index contributed by atoms with van der Waals surface area (Å²) in [6, 6.07) is 0.0886. The lowest BCUT2D eigenvalue weighted by molar-refractivity contribution is 0.537. The van der Waals surface area contributed by atoms with E-state index >= 15 is 0 Å². The van der Waals surface area contributed by atoms with Gasteiger partial charge in [0.15, 0.2) is 0 Å². The van der Waals surface area contributed by atoms with Gasteiger partial charge < -0.3 is 0 Å². The second-order valence-electron chi connectivity index (χ2n) is 6.69. The SMILES string of the molecule is Cc1c(C)c(C)c(S(=O)(=O)NC2CCC(C)C2)c(C)c1C. The van der Waals surface area contributed by atoms with Crippen molar-refractivity contribution in [2.24, 2.45) is 5.92 Å². The monoisotopic (exact) mass is 309 g/mol. The molecule has 0 spiro atoms. The first kappa shape index (κ1) is 16.5. The molecule has 1 aliphatic rings. The average Bonchev–Trinajstić information content (AvgIpc) is 2.78. The molecule has 0 saturated heterocycles. The Morgan fingerprint density at radius 1 is 0.857 bits per heavy atom. The molecule has 2 unspecified atom stereocenters. The van der Waals surface area contributed by atoms with Crippen molar-refractivity contribution in [3.8, 4) is 0 Å². The van der Waals surface area contributed by atoms with E-state index in [1.807, 2.05) is 27.7 Å². The third-order valence-corrected chi connectivity index (χ3v) is 7.01. The molecule has 2 rings (SSSR count). The standard InChI is InChI=1S/C17H27NO2S/c1-10-7-8-16(9-10)18-21(19,20)17-14(5)12(3)11(2)13(4)15(17)6/h10,16,18H,7-9H2,1-6H3. The molecular formula is C17H27NO2S. The van der Waals surface area contributed by atoms with Gasteiger partial charge in [0.25, 0.3) is 0 Å². The Bertz CT molecular complexity index is 633. The van der Waals surface area contributed by atoms with E-state index in [-0.39, 0.29) is 6.04 Å². The summed E-state index contributed by atoms with van der Waals surface area (Å²) in [6.45, 7) is 12.1. The minimum absolute atomic E-state index is 0.0886. The van der Waals surface area contributed by atoms with E-state index in [0.29, 0.717) is 10.8 Å². The van der Waals surface area contributed by atoms with Crippen LogP contribution in [0, 0.1) is 40.5 Å². The van der Waals surface area contributed by atoms with Crippen LogP contribution in [0.25, 0.3) is 0 Å². The smallest absolute Gasteiger partial charge is 0.208 e. The molecule has 1 fully saturated rings. The van der Waals surface area contributed by atoms with E-state index < -0.39 is 10.0 Å². The molecular weight excluding hydrogens is 282 g/mol. The van der Waals surface area contributed by atoms with Crippen LogP contribution >= 0.6 is 0 Å². The Morgan fingerprint density at radius 2 is 1.33 bits per heavy atom. The minimum atomic E-state index is -3.44. The molecule has 0 heterocycles. The first-order valence-electron chi connectivity index (χ1n) is 7.74. The average molecular weight is 309 g/mol. The Kier molecular flexibility index (Phi) is 4.50. The molecule has 1 saturated carbocycles. The molecule has 1 aliphatic carbocycles. The molecule has 0 aromatic heterocycles. The van der Waals surface area contributed by atoms with E-state index in [1.54, 1.807) is 0 Å². The van der Waals surface area contributed by atoms with Crippen LogP contribution in [0.1, 0.15) is 54.0 Å². The van der Waals surface area contributed by atoms with Gasteiger partial charge in [-0.15, -0.1) is 0 Å². The molecule has 0 amide bonds. The van der Waals surface area contributed by atoms with E-state index in [1.165, 1.54) is 5.56 Å². The summed E-state index contributed by atoms with van der Waals surface area (Å²) in [5, 5.41) is 0. The maximum absolute atomic E-state index is 12.8. The highest BCUT2D eigenvalue weighted by Gasteiger charge is 2.29. The number of sulfonamides is 1. The Morgan fingerprint density at radius 3 is 1.76 bits per heavy atom. The minimum Gasteiger partial charge on any atom is -0.208 e. The first-order valence-corrected chi connectivity index (χ1v) is 9.22. The van der Waals surface area contributed by atoms with Gasteiger partial charge in [-0.25, -0.2) is 13.1 Å². The van der Waals surface area contributed by atoms with Crippen molar-refractivity contribution in [2.75, 3.05) is 0 Å². The van der Waals surface area contributed by atoms with Crippen molar-refractivity contribution in [2.45, 2.75) is 71.7 Å². The van der Waals surface area contributed by atoms with Crippen LogP contribution < -0.4 is 4.72 Å². The predicted molar refractivity (Wildman–Crippen MR) is 87.3 cm³/mol. The Hall–Kier alpha value is -0.870. The summed E-state index contributed by atoms with van der Waals surface area (Å²) < 4.78 is 28.6. The maximum atomic E-state index is 12.8. The van der Waals surface area contributed by atoms with Crippen molar-refractivity contribution < 1.29 is 8.42 Å². The summed E-state index contributed by atoms with van der Waals surface area (Å²) in [5.41, 5.74) is 5.12. The van der Waals surface area contributed by atoms with Gasteiger partial charge in [0.05, 0.1) is 4.90 Å². The van der Waals surface area contributed by atoms with Gasteiger partial charge in [-0.1, -0.05) is 6.92 Å². The van der Waals surface area contributed by atoms with Crippen LogP contribution in [0.4, 0.5) is 0 Å². The van der Waals surface area contributed by atoms with E-state index in [0.717, 1.165) is 41.5 Å². The third-order valence-electron chi connectivity index (χ3n) is 5.22. The Labute approximate surface area is 129 Å². The largest absolute Gasteiger partial charge is 0.241 e. The van der Waals surface area contributed by atoms with Crippen LogP contribution in [0.15, 0.2) is 4.90 Å². The highest BCUT2D eigenvalue weighted by atomic mass is 32.2. The first-order chi connectivity index (χ1) is 9.65. The van der Waals surface area contributed by atoms with Crippen molar-refractivity contribution in [3.05, 3.63) is 27.8 Å². The zero-order chi connectivity index (χ0) is 15.9. The number of rotatable bonds is 3. The second-order valence-corrected chi connectivity index (χ2v) is 8.34. The summed E-state index contributed by atoms with van der Waals surface area (Å²) in [7, 11) is -3.44. The van der Waals surface area contributed by atoms with Crippen molar-refractivity contribution >= 4 is 10.0 Å². The van der Waals surface area contributed by atoms with Crippen LogP contribution in [-0.2, 0) is 10.0 Å². The van der Waals surface area contributed by atoms with Gasteiger partial charge >= 0.3 is 0 Å². The number of benzene rings is 1. The molecule has 0 bridgehead atoms. The topological polar surface area (TPSA) is 46.2 Å². The molecule has 1 N–H and O–H groups in total. The second kappa shape index (κ2) is 5.73. The lowest BCUT2D eigenvalue weighted by Gasteiger charge is -2.21. The molecule has 1 aromatic carbocycles. The number of nitrogens with one attached hydrogen (secondary N) is 1. The summed E-state index contributed by atoms with van der Waals surface area (Å²) >= 11 is 0. The summed E-state index contributed by atoms with van der Waals surface area (Å²) in [4.78, 5) is 0.489. The third kappa shape index (κ3) is 3.02. The molecule has 2 atom stereocenters.